The summed E-state index contributed by atoms with van der Waals surface area (Å²) in [6.45, 7) is 4.03. The van der Waals surface area contributed by atoms with Gasteiger partial charge in [0.25, 0.3) is 0 Å². The van der Waals surface area contributed by atoms with Crippen LogP contribution in [0.25, 0.3) is 0 Å². The highest BCUT2D eigenvalue weighted by molar-refractivity contribution is 9.08. The van der Waals surface area contributed by atoms with Gasteiger partial charge in [-0.15, -0.1) is 0 Å². The molecule has 14 heavy (non-hydrogen) atoms. The topological polar surface area (TPSA) is 37.3 Å². The van der Waals surface area contributed by atoms with Crippen molar-refractivity contribution >= 4 is 15.9 Å². The third-order valence-corrected chi connectivity index (χ3v) is 2.73. The molecule has 0 bridgehead atoms. The number of hydrogen-bond acceptors (Lipinski definition) is 2. The van der Waals surface area contributed by atoms with E-state index in [1.807, 2.05) is 19.9 Å². The first-order valence-corrected chi connectivity index (χ1v) is 5.60. The molecule has 1 aromatic rings. The van der Waals surface area contributed by atoms with Crippen molar-refractivity contribution in [1.82, 2.24) is 0 Å². The molecule has 1 rings (SSSR count). The Labute approximate surface area is 91.7 Å². The van der Waals surface area contributed by atoms with Gasteiger partial charge in [0.15, 0.2) is 5.75 Å². The minimum absolute atomic E-state index is 0.159. The lowest BCUT2D eigenvalue weighted by molar-refractivity contribution is 0.466. The molecule has 0 aliphatic rings. The zero-order valence-corrected chi connectivity index (χ0v) is 9.84. The zero-order valence-electron chi connectivity index (χ0n) is 8.25. The Balaban J connectivity index is 3.41. The minimum Gasteiger partial charge on any atom is -0.504 e. The normalized spacial score (nSPS) is 10.6. The molecule has 76 valence electrons. The molecule has 0 saturated heterocycles. The van der Waals surface area contributed by atoms with E-state index in [9.17, 15) is 9.90 Å². The van der Waals surface area contributed by atoms with Crippen molar-refractivity contribution < 1.29 is 5.11 Å². The van der Waals surface area contributed by atoms with Crippen LogP contribution >= 0.6 is 15.9 Å². The van der Waals surface area contributed by atoms with E-state index in [-0.39, 0.29) is 17.1 Å². The van der Waals surface area contributed by atoms with Gasteiger partial charge in [-0.1, -0.05) is 41.9 Å². The van der Waals surface area contributed by atoms with Crippen LogP contribution in [-0.4, -0.2) is 5.11 Å². The molecule has 0 heterocycles. The van der Waals surface area contributed by atoms with E-state index in [4.69, 9.17) is 0 Å². The maximum Gasteiger partial charge on any atom is 0.220 e. The van der Waals surface area contributed by atoms with Crippen molar-refractivity contribution in [2.75, 3.05) is 0 Å². The molecular weight excluding hydrogens is 244 g/mol. The van der Waals surface area contributed by atoms with Gasteiger partial charge in [-0.05, 0) is 17.5 Å². The maximum atomic E-state index is 11.5. The van der Waals surface area contributed by atoms with Gasteiger partial charge in [-0.25, -0.2) is 0 Å². The molecule has 2 nitrogen and oxygen atoms in total. The monoisotopic (exact) mass is 256 g/mol. The van der Waals surface area contributed by atoms with Crippen molar-refractivity contribution in [2.24, 2.45) is 0 Å². The van der Waals surface area contributed by atoms with E-state index in [0.717, 1.165) is 5.56 Å². The number of hydrogen-bond donors (Lipinski definition) is 1. The number of alkyl halides is 1. The molecule has 0 spiro atoms. The Morgan fingerprint density at radius 1 is 1.43 bits per heavy atom. The van der Waals surface area contributed by atoms with Crippen molar-refractivity contribution in [1.29, 1.82) is 0 Å². The molecule has 0 unspecified atom stereocenters. The van der Waals surface area contributed by atoms with Gasteiger partial charge in [0.05, 0.1) is 0 Å². The van der Waals surface area contributed by atoms with Crippen molar-refractivity contribution in [3.63, 3.8) is 0 Å². The quantitative estimate of drug-likeness (QED) is 0.827. The molecule has 0 aromatic heterocycles. The standard InChI is InChI=1S/C11H13BrO2/c1-7(2)8-3-4-9(6-12)11(14)10(13)5-8/h3-5,7H,6H2,1-2H3,(H,13,14). The number of rotatable bonds is 2. The van der Waals surface area contributed by atoms with Crippen LogP contribution in [-0.2, 0) is 5.33 Å². The van der Waals surface area contributed by atoms with Crippen LogP contribution in [0.2, 0.25) is 0 Å². The molecule has 0 aliphatic heterocycles. The fourth-order valence-corrected chi connectivity index (χ4v) is 1.62. The van der Waals surface area contributed by atoms with Crippen molar-refractivity contribution in [3.05, 3.63) is 39.5 Å². The Kier molecular flexibility index (Phi) is 3.69. The Bertz CT molecular complexity index is 386. The minimum atomic E-state index is -0.312. The molecule has 0 atom stereocenters. The van der Waals surface area contributed by atoms with Gasteiger partial charge in [-0.3, -0.25) is 4.79 Å². The van der Waals surface area contributed by atoms with E-state index in [1.54, 1.807) is 6.07 Å². The van der Waals surface area contributed by atoms with E-state index in [1.165, 1.54) is 6.07 Å². The van der Waals surface area contributed by atoms with Crippen LogP contribution in [0.4, 0.5) is 0 Å². The lowest BCUT2D eigenvalue weighted by Gasteiger charge is -1.99. The van der Waals surface area contributed by atoms with E-state index in [2.05, 4.69) is 15.9 Å². The van der Waals surface area contributed by atoms with Gasteiger partial charge in [-0.2, -0.15) is 0 Å². The van der Waals surface area contributed by atoms with Gasteiger partial charge in [0, 0.05) is 10.9 Å². The lowest BCUT2D eigenvalue weighted by Crippen LogP contribution is -1.98. The molecule has 0 aliphatic carbocycles. The SMILES string of the molecule is CC(C)c1ccc(CBr)c(O)c(=O)c1. The van der Waals surface area contributed by atoms with Crippen LogP contribution < -0.4 is 5.43 Å². The summed E-state index contributed by atoms with van der Waals surface area (Å²) >= 11 is 3.23. The van der Waals surface area contributed by atoms with Gasteiger partial charge in [0.2, 0.25) is 5.43 Å². The highest BCUT2D eigenvalue weighted by Gasteiger charge is 2.05. The smallest absolute Gasteiger partial charge is 0.220 e. The Hall–Kier alpha value is -0.830. The van der Waals surface area contributed by atoms with Crippen LogP contribution in [0.3, 0.4) is 0 Å². The lowest BCUT2D eigenvalue weighted by atomic mass is 10.1. The average molecular weight is 257 g/mol. The largest absolute Gasteiger partial charge is 0.504 e. The second-order valence-electron chi connectivity index (χ2n) is 3.50. The van der Waals surface area contributed by atoms with E-state index < -0.39 is 0 Å². The molecule has 1 N–H and O–H groups in total. The number of halogens is 1. The third-order valence-electron chi connectivity index (χ3n) is 2.12. The molecule has 0 radical (unpaired) electrons. The first-order chi connectivity index (χ1) is 6.56. The predicted molar refractivity (Wildman–Crippen MR) is 61.1 cm³/mol. The summed E-state index contributed by atoms with van der Waals surface area (Å²) in [6, 6.07) is 5.15. The van der Waals surface area contributed by atoms with Gasteiger partial charge < -0.3 is 5.11 Å². The predicted octanol–water partition coefficient (Wildman–Crippen LogP) is 2.77. The Morgan fingerprint density at radius 3 is 2.57 bits per heavy atom. The van der Waals surface area contributed by atoms with Crippen molar-refractivity contribution in [2.45, 2.75) is 25.1 Å². The summed E-state index contributed by atoms with van der Waals surface area (Å²) in [7, 11) is 0. The average Bonchev–Trinajstić information content (AvgIpc) is 2.28. The van der Waals surface area contributed by atoms with Crippen LogP contribution in [0.5, 0.6) is 5.75 Å². The second-order valence-corrected chi connectivity index (χ2v) is 4.06. The molecule has 0 fully saturated rings. The highest BCUT2D eigenvalue weighted by atomic mass is 79.9. The Morgan fingerprint density at radius 2 is 2.07 bits per heavy atom. The summed E-state index contributed by atoms with van der Waals surface area (Å²) < 4.78 is 0. The maximum absolute atomic E-state index is 11.5. The summed E-state index contributed by atoms with van der Waals surface area (Å²) in [5, 5.41) is 10.0. The molecule has 3 heteroatoms. The van der Waals surface area contributed by atoms with Gasteiger partial charge >= 0.3 is 0 Å². The first-order valence-electron chi connectivity index (χ1n) is 4.48. The molecule has 0 saturated carbocycles. The summed E-state index contributed by atoms with van der Waals surface area (Å²) in [6.07, 6.45) is 0. The third kappa shape index (κ3) is 2.35. The fraction of sp³-hybridized carbons (Fsp3) is 0.364. The van der Waals surface area contributed by atoms with Gasteiger partial charge in [0.1, 0.15) is 0 Å². The summed E-state index contributed by atoms with van der Waals surface area (Å²) in [5.74, 6) is 0.131. The molecule has 0 amide bonds. The highest BCUT2D eigenvalue weighted by Crippen LogP contribution is 2.17. The fourth-order valence-electron chi connectivity index (χ4n) is 1.17. The molecule has 1 aromatic carbocycles. The van der Waals surface area contributed by atoms with E-state index >= 15 is 0 Å². The van der Waals surface area contributed by atoms with Crippen LogP contribution in [0.15, 0.2) is 23.0 Å². The summed E-state index contributed by atoms with van der Waals surface area (Å²) in [4.78, 5) is 11.5. The van der Waals surface area contributed by atoms with Crippen molar-refractivity contribution in [3.8, 4) is 5.75 Å². The second kappa shape index (κ2) is 4.60. The van der Waals surface area contributed by atoms with E-state index in [0.29, 0.717) is 10.9 Å². The van der Waals surface area contributed by atoms with Crippen LogP contribution in [0, 0.1) is 0 Å². The zero-order chi connectivity index (χ0) is 10.7. The first kappa shape index (κ1) is 11.2. The summed E-state index contributed by atoms with van der Waals surface area (Å²) in [5.41, 5.74) is 1.26. The number of aromatic hydroxyl groups is 1. The molecular formula is C11H13BrO2. The van der Waals surface area contributed by atoms with Crippen LogP contribution in [0.1, 0.15) is 30.9 Å².